The second-order valence-corrected chi connectivity index (χ2v) is 4.55. The third-order valence-electron chi connectivity index (χ3n) is 1.60. The van der Waals surface area contributed by atoms with E-state index in [1.165, 1.54) is 0 Å². The number of benzene rings is 1. The highest BCUT2D eigenvalue weighted by atomic mass is 127. The Kier molecular flexibility index (Phi) is 4.15. The van der Waals surface area contributed by atoms with E-state index in [0.717, 1.165) is 3.57 Å². The minimum absolute atomic E-state index is 0.242. The van der Waals surface area contributed by atoms with Crippen molar-refractivity contribution in [3.8, 4) is 0 Å². The molecule has 3 nitrogen and oxygen atoms in total. The highest BCUT2D eigenvalue weighted by Gasteiger charge is 2.09. The minimum Gasteiger partial charge on any atom is -0.323 e. The molecule has 1 rings (SSSR count). The predicted molar refractivity (Wildman–Crippen MR) is 66.4 cm³/mol. The van der Waals surface area contributed by atoms with Crippen molar-refractivity contribution in [2.24, 2.45) is 5.73 Å². The van der Waals surface area contributed by atoms with Crippen molar-refractivity contribution in [3.05, 3.63) is 26.8 Å². The first-order valence-electron chi connectivity index (χ1n) is 4.02. The molecule has 76 valence electrons. The number of carbonyl (C=O) groups is 1. The van der Waals surface area contributed by atoms with Gasteiger partial charge < -0.3 is 11.1 Å². The normalized spacial score (nSPS) is 12.3. The topological polar surface area (TPSA) is 55.1 Å². The van der Waals surface area contributed by atoms with Crippen LogP contribution in [0.3, 0.4) is 0 Å². The summed E-state index contributed by atoms with van der Waals surface area (Å²) in [5, 5.41) is 3.16. The Balaban J connectivity index is 2.82. The molecule has 0 saturated heterocycles. The van der Waals surface area contributed by atoms with Gasteiger partial charge in [-0.2, -0.15) is 0 Å². The molecule has 0 bridgehead atoms. The molecule has 1 aromatic carbocycles. The fourth-order valence-corrected chi connectivity index (χ4v) is 1.74. The van der Waals surface area contributed by atoms with Crippen molar-refractivity contribution in [1.82, 2.24) is 0 Å². The van der Waals surface area contributed by atoms with Crippen molar-refractivity contribution in [1.29, 1.82) is 0 Å². The number of amides is 1. The maximum Gasteiger partial charge on any atom is 0.241 e. The van der Waals surface area contributed by atoms with E-state index in [2.05, 4.69) is 27.9 Å². The summed E-state index contributed by atoms with van der Waals surface area (Å²) in [4.78, 5) is 11.3. The van der Waals surface area contributed by atoms with Crippen LogP contribution in [0.5, 0.6) is 0 Å². The molecule has 1 amide bonds. The molecule has 0 aliphatic carbocycles. The first-order chi connectivity index (χ1) is 6.50. The van der Waals surface area contributed by atoms with Crippen LogP contribution in [0.15, 0.2) is 18.2 Å². The number of rotatable bonds is 2. The Bertz CT molecular complexity index is 355. The molecule has 0 heterocycles. The molecule has 1 aromatic rings. The summed E-state index contributed by atoms with van der Waals surface area (Å²) in [6, 6.07) is 4.86. The van der Waals surface area contributed by atoms with Gasteiger partial charge in [0.05, 0.1) is 16.8 Å². The molecule has 0 aliphatic rings. The maximum atomic E-state index is 11.3. The van der Waals surface area contributed by atoms with Crippen LogP contribution in [0.4, 0.5) is 5.69 Å². The summed E-state index contributed by atoms with van der Waals surface area (Å²) < 4.78 is 1.02. The van der Waals surface area contributed by atoms with Crippen LogP contribution in [0, 0.1) is 3.57 Å². The first kappa shape index (κ1) is 11.7. The number of hydrogen-bond acceptors (Lipinski definition) is 2. The minimum atomic E-state index is -0.537. The smallest absolute Gasteiger partial charge is 0.241 e. The van der Waals surface area contributed by atoms with Crippen molar-refractivity contribution < 1.29 is 4.79 Å². The SMILES string of the molecule is CC(N)C(=O)Nc1ccc(I)cc1Cl. The Morgan fingerprint density at radius 2 is 2.29 bits per heavy atom. The molecular weight excluding hydrogens is 314 g/mol. The molecule has 3 N–H and O–H groups in total. The van der Waals surface area contributed by atoms with E-state index in [1.54, 1.807) is 19.1 Å². The fourth-order valence-electron chi connectivity index (χ4n) is 0.837. The lowest BCUT2D eigenvalue weighted by molar-refractivity contribution is -0.117. The lowest BCUT2D eigenvalue weighted by atomic mass is 10.3. The average Bonchev–Trinajstić information content (AvgIpc) is 2.09. The van der Waals surface area contributed by atoms with E-state index >= 15 is 0 Å². The van der Waals surface area contributed by atoms with Gasteiger partial charge in [0, 0.05) is 3.57 Å². The van der Waals surface area contributed by atoms with E-state index in [4.69, 9.17) is 17.3 Å². The van der Waals surface area contributed by atoms with Gasteiger partial charge in [-0.15, -0.1) is 0 Å². The summed E-state index contributed by atoms with van der Waals surface area (Å²) in [5.74, 6) is -0.242. The molecule has 1 unspecified atom stereocenters. The van der Waals surface area contributed by atoms with Crippen LogP contribution in [0.2, 0.25) is 5.02 Å². The van der Waals surface area contributed by atoms with E-state index in [1.807, 2.05) is 6.07 Å². The summed E-state index contributed by atoms with van der Waals surface area (Å²) in [5.41, 5.74) is 6.00. The van der Waals surface area contributed by atoms with Crippen LogP contribution < -0.4 is 11.1 Å². The molecule has 14 heavy (non-hydrogen) atoms. The number of nitrogens with two attached hydrogens (primary N) is 1. The van der Waals surface area contributed by atoms with Crippen molar-refractivity contribution in [2.75, 3.05) is 5.32 Å². The number of halogens is 2. The highest BCUT2D eigenvalue weighted by Crippen LogP contribution is 2.23. The van der Waals surface area contributed by atoms with Gasteiger partial charge in [0.15, 0.2) is 0 Å². The van der Waals surface area contributed by atoms with Gasteiger partial charge >= 0.3 is 0 Å². The van der Waals surface area contributed by atoms with Crippen LogP contribution >= 0.6 is 34.2 Å². The van der Waals surface area contributed by atoms with Crippen molar-refractivity contribution in [3.63, 3.8) is 0 Å². The van der Waals surface area contributed by atoms with Gasteiger partial charge in [-0.05, 0) is 47.7 Å². The van der Waals surface area contributed by atoms with E-state index < -0.39 is 6.04 Å². The molecule has 1 atom stereocenters. The van der Waals surface area contributed by atoms with Gasteiger partial charge in [-0.3, -0.25) is 4.79 Å². The molecule has 0 aliphatic heterocycles. The Labute approximate surface area is 101 Å². The largest absolute Gasteiger partial charge is 0.323 e. The zero-order valence-electron chi connectivity index (χ0n) is 7.55. The molecule has 0 aromatic heterocycles. The first-order valence-corrected chi connectivity index (χ1v) is 5.48. The van der Waals surface area contributed by atoms with E-state index in [9.17, 15) is 4.79 Å². The van der Waals surface area contributed by atoms with Gasteiger partial charge in [0.2, 0.25) is 5.91 Å². The zero-order valence-corrected chi connectivity index (χ0v) is 10.5. The average molecular weight is 325 g/mol. The van der Waals surface area contributed by atoms with Gasteiger partial charge in [0.1, 0.15) is 0 Å². The maximum absolute atomic E-state index is 11.3. The van der Waals surface area contributed by atoms with Gasteiger partial charge in [0.25, 0.3) is 0 Å². The summed E-state index contributed by atoms with van der Waals surface area (Å²) >= 11 is 8.07. The lowest BCUT2D eigenvalue weighted by Gasteiger charge is -2.09. The number of anilines is 1. The van der Waals surface area contributed by atoms with Crippen LogP contribution in [-0.4, -0.2) is 11.9 Å². The van der Waals surface area contributed by atoms with E-state index in [-0.39, 0.29) is 5.91 Å². The molecule has 0 fully saturated rings. The Morgan fingerprint density at radius 3 is 2.79 bits per heavy atom. The standard InChI is InChI=1S/C9H10ClIN2O/c1-5(12)9(14)13-8-3-2-6(11)4-7(8)10/h2-5H,12H2,1H3,(H,13,14). The van der Waals surface area contributed by atoms with Crippen LogP contribution in [0.25, 0.3) is 0 Å². The molecular formula is C9H10ClIN2O. The third kappa shape index (κ3) is 3.11. The highest BCUT2D eigenvalue weighted by molar-refractivity contribution is 14.1. The van der Waals surface area contributed by atoms with Crippen molar-refractivity contribution >= 4 is 45.8 Å². The second-order valence-electron chi connectivity index (χ2n) is 2.90. The van der Waals surface area contributed by atoms with E-state index in [0.29, 0.717) is 10.7 Å². The summed E-state index contributed by atoms with van der Waals surface area (Å²) in [6.45, 7) is 1.62. The zero-order chi connectivity index (χ0) is 10.7. The number of nitrogens with one attached hydrogen (secondary N) is 1. The quantitative estimate of drug-likeness (QED) is 0.820. The predicted octanol–water partition coefficient (Wildman–Crippen LogP) is 2.23. The lowest BCUT2D eigenvalue weighted by Crippen LogP contribution is -2.32. The molecule has 0 saturated carbocycles. The molecule has 0 radical (unpaired) electrons. The molecule has 5 heteroatoms. The summed E-state index contributed by atoms with van der Waals surface area (Å²) in [6.07, 6.45) is 0. The Hall–Kier alpha value is -0.330. The number of hydrogen-bond donors (Lipinski definition) is 2. The van der Waals surface area contributed by atoms with Crippen LogP contribution in [0.1, 0.15) is 6.92 Å². The number of carbonyl (C=O) groups excluding carboxylic acids is 1. The second kappa shape index (κ2) is 4.95. The Morgan fingerprint density at radius 1 is 1.64 bits per heavy atom. The van der Waals surface area contributed by atoms with Gasteiger partial charge in [-0.1, -0.05) is 11.6 Å². The monoisotopic (exact) mass is 324 g/mol. The van der Waals surface area contributed by atoms with Crippen LogP contribution in [-0.2, 0) is 4.79 Å². The summed E-state index contributed by atoms with van der Waals surface area (Å²) in [7, 11) is 0. The van der Waals surface area contributed by atoms with Gasteiger partial charge in [-0.25, -0.2) is 0 Å². The fraction of sp³-hybridized carbons (Fsp3) is 0.222. The molecule has 0 spiro atoms. The van der Waals surface area contributed by atoms with Crippen molar-refractivity contribution in [2.45, 2.75) is 13.0 Å². The third-order valence-corrected chi connectivity index (χ3v) is 2.59.